The van der Waals surface area contributed by atoms with Crippen molar-refractivity contribution in [3.05, 3.63) is 45.5 Å². The van der Waals surface area contributed by atoms with Crippen molar-refractivity contribution in [3.63, 3.8) is 0 Å². The van der Waals surface area contributed by atoms with E-state index < -0.39 is 17.5 Å². The van der Waals surface area contributed by atoms with Gasteiger partial charge in [-0.2, -0.15) is 5.26 Å². The second-order valence-corrected chi connectivity index (χ2v) is 6.06. The van der Waals surface area contributed by atoms with Crippen molar-refractivity contribution >= 4 is 5.91 Å². The molecule has 0 spiro atoms. The first-order chi connectivity index (χ1) is 13.9. The predicted molar refractivity (Wildman–Crippen MR) is 103 cm³/mol. The average Bonchev–Trinajstić information content (AvgIpc) is 2.69. The minimum absolute atomic E-state index is 0.103. The summed E-state index contributed by atoms with van der Waals surface area (Å²) in [5.41, 5.74) is -0.477. The van der Waals surface area contributed by atoms with Crippen molar-refractivity contribution in [3.8, 4) is 29.1 Å². The minimum Gasteiger partial charge on any atom is -0.507 e. The van der Waals surface area contributed by atoms with E-state index in [-0.39, 0.29) is 41.5 Å². The fourth-order valence-electron chi connectivity index (χ4n) is 3.09. The van der Waals surface area contributed by atoms with Gasteiger partial charge in [0.1, 0.15) is 18.1 Å². The monoisotopic (exact) mass is 402 g/mol. The molecule has 0 aliphatic carbocycles. The maximum Gasteiger partial charge on any atom is 0.343 e. The molecule has 9 heteroatoms. The van der Waals surface area contributed by atoms with E-state index in [2.05, 4.69) is 5.32 Å². The maximum atomic E-state index is 12.5. The molecule has 2 rings (SSSR count). The molecule has 29 heavy (non-hydrogen) atoms. The molecule has 0 aliphatic heterocycles. The number of nitrogens with one attached hydrogen (secondary N) is 1. The molecule has 1 aromatic carbocycles. The standard InChI is InChI=1S/C20H22N2O7/c1-11-9-14(23)17(20(25)29-11)13(10-16(24)22-8-7-21)12-5-6-15(26-2)19(28-4)18(12)27-3/h5-6,9,13,23H,8,10H2,1-4H3,(H,22,24)/t13-/m0/s1. The first kappa shape index (κ1) is 21.6. The van der Waals surface area contributed by atoms with Crippen LogP contribution in [0, 0.1) is 18.3 Å². The number of aryl methyl sites for hydroxylation is 1. The number of amides is 1. The lowest BCUT2D eigenvalue weighted by Gasteiger charge is -2.22. The van der Waals surface area contributed by atoms with E-state index in [9.17, 15) is 14.7 Å². The van der Waals surface area contributed by atoms with E-state index in [0.717, 1.165) is 0 Å². The van der Waals surface area contributed by atoms with Gasteiger partial charge in [0.15, 0.2) is 11.5 Å². The molecule has 0 unspecified atom stereocenters. The number of rotatable bonds is 8. The number of carbonyl (C=O) groups is 1. The molecule has 2 N–H and O–H groups in total. The summed E-state index contributed by atoms with van der Waals surface area (Å²) >= 11 is 0. The van der Waals surface area contributed by atoms with E-state index in [1.54, 1.807) is 12.1 Å². The van der Waals surface area contributed by atoms with Crippen molar-refractivity contribution < 1.29 is 28.5 Å². The van der Waals surface area contributed by atoms with Crippen LogP contribution < -0.4 is 25.2 Å². The van der Waals surface area contributed by atoms with E-state index in [4.69, 9.17) is 23.9 Å². The molecule has 9 nitrogen and oxygen atoms in total. The largest absolute Gasteiger partial charge is 0.507 e. The molecule has 0 saturated heterocycles. The van der Waals surface area contributed by atoms with Crippen molar-refractivity contribution in [2.24, 2.45) is 0 Å². The van der Waals surface area contributed by atoms with Crippen molar-refractivity contribution in [1.29, 1.82) is 5.26 Å². The number of hydrogen-bond acceptors (Lipinski definition) is 8. The highest BCUT2D eigenvalue weighted by molar-refractivity contribution is 5.78. The highest BCUT2D eigenvalue weighted by Crippen LogP contribution is 2.45. The Balaban J connectivity index is 2.71. The van der Waals surface area contributed by atoms with Gasteiger partial charge in [0.25, 0.3) is 0 Å². The number of aromatic hydroxyl groups is 1. The Morgan fingerprint density at radius 2 is 1.93 bits per heavy atom. The van der Waals surface area contributed by atoms with Gasteiger partial charge in [-0.1, -0.05) is 6.07 Å². The Kier molecular flexibility index (Phi) is 7.09. The molecule has 0 radical (unpaired) electrons. The van der Waals surface area contributed by atoms with E-state index in [1.165, 1.54) is 34.3 Å². The molecule has 1 amide bonds. The predicted octanol–water partition coefficient (Wildman–Crippen LogP) is 1.84. The van der Waals surface area contributed by atoms with Gasteiger partial charge >= 0.3 is 5.63 Å². The van der Waals surface area contributed by atoms with Crippen molar-refractivity contribution in [2.45, 2.75) is 19.3 Å². The Morgan fingerprint density at radius 3 is 2.48 bits per heavy atom. The zero-order valence-electron chi connectivity index (χ0n) is 16.6. The van der Waals surface area contributed by atoms with Gasteiger partial charge in [-0.05, 0) is 13.0 Å². The second-order valence-electron chi connectivity index (χ2n) is 6.06. The van der Waals surface area contributed by atoms with Crippen LogP contribution in [0.25, 0.3) is 0 Å². The minimum atomic E-state index is -0.930. The highest BCUT2D eigenvalue weighted by atomic mass is 16.5. The van der Waals surface area contributed by atoms with Gasteiger partial charge in [-0.3, -0.25) is 4.79 Å². The van der Waals surface area contributed by atoms with E-state index in [0.29, 0.717) is 11.3 Å². The van der Waals surface area contributed by atoms with E-state index in [1.807, 2.05) is 6.07 Å². The lowest BCUT2D eigenvalue weighted by Crippen LogP contribution is -2.27. The number of nitriles is 1. The SMILES string of the molecule is COc1ccc([C@H](CC(=O)NCC#N)c2c(O)cc(C)oc2=O)c(OC)c1OC. The zero-order chi connectivity index (χ0) is 21.6. The van der Waals surface area contributed by atoms with Crippen LogP contribution in [-0.4, -0.2) is 38.9 Å². The number of hydrogen-bond donors (Lipinski definition) is 2. The average molecular weight is 402 g/mol. The molecular weight excluding hydrogens is 380 g/mol. The summed E-state index contributed by atoms with van der Waals surface area (Å²) in [7, 11) is 4.30. The molecule has 0 bridgehead atoms. The van der Waals surface area contributed by atoms with Crippen LogP contribution >= 0.6 is 0 Å². The second kappa shape index (κ2) is 9.50. The highest BCUT2D eigenvalue weighted by Gasteiger charge is 2.30. The Labute approximate surface area is 167 Å². The Bertz CT molecular complexity index is 992. The molecule has 2 aromatic rings. The first-order valence-corrected chi connectivity index (χ1v) is 8.64. The molecule has 0 aliphatic rings. The summed E-state index contributed by atoms with van der Waals surface area (Å²) in [5, 5.41) is 21.6. The quantitative estimate of drug-likeness (QED) is 0.640. The van der Waals surface area contributed by atoms with Gasteiger partial charge < -0.3 is 29.1 Å². The van der Waals surface area contributed by atoms with Gasteiger partial charge in [-0.25, -0.2) is 4.79 Å². The van der Waals surface area contributed by atoms with Gasteiger partial charge in [0.05, 0.1) is 33.0 Å². The topological polar surface area (TPSA) is 131 Å². The molecular formula is C20H22N2O7. The molecule has 0 fully saturated rings. The zero-order valence-corrected chi connectivity index (χ0v) is 16.6. The van der Waals surface area contributed by atoms with Gasteiger partial charge in [0, 0.05) is 24.0 Å². The van der Waals surface area contributed by atoms with Crippen LogP contribution in [0.4, 0.5) is 0 Å². The third-order valence-electron chi connectivity index (χ3n) is 4.30. The van der Waals surface area contributed by atoms with Crippen LogP contribution in [0.15, 0.2) is 27.4 Å². The van der Waals surface area contributed by atoms with Crippen molar-refractivity contribution in [2.75, 3.05) is 27.9 Å². The summed E-state index contributed by atoms with van der Waals surface area (Å²) in [6.45, 7) is 1.33. The van der Waals surface area contributed by atoms with Crippen LogP contribution in [0.2, 0.25) is 0 Å². The number of ether oxygens (including phenoxy) is 3. The van der Waals surface area contributed by atoms with Gasteiger partial charge in [0.2, 0.25) is 11.7 Å². The van der Waals surface area contributed by atoms with E-state index >= 15 is 0 Å². The molecule has 1 aromatic heterocycles. The Morgan fingerprint density at radius 1 is 1.24 bits per heavy atom. The number of nitrogens with zero attached hydrogens (tertiary/aromatic N) is 1. The summed E-state index contributed by atoms with van der Waals surface area (Å²) in [5.74, 6) is -0.610. The number of benzene rings is 1. The molecule has 1 atom stereocenters. The van der Waals surface area contributed by atoms with Crippen LogP contribution in [-0.2, 0) is 4.79 Å². The Hall–Kier alpha value is -3.67. The first-order valence-electron chi connectivity index (χ1n) is 8.64. The van der Waals surface area contributed by atoms with Crippen LogP contribution in [0.3, 0.4) is 0 Å². The number of carbonyl (C=O) groups excluding carboxylic acids is 1. The van der Waals surface area contributed by atoms with Crippen LogP contribution in [0.5, 0.6) is 23.0 Å². The fourth-order valence-corrected chi connectivity index (χ4v) is 3.09. The smallest absolute Gasteiger partial charge is 0.343 e. The lowest BCUT2D eigenvalue weighted by atomic mass is 9.87. The van der Waals surface area contributed by atoms with Crippen molar-refractivity contribution in [1.82, 2.24) is 5.32 Å². The molecule has 1 heterocycles. The summed E-state index contributed by atoms with van der Waals surface area (Å²) in [6.07, 6.45) is -0.241. The summed E-state index contributed by atoms with van der Waals surface area (Å²) < 4.78 is 21.3. The molecule has 154 valence electrons. The molecule has 0 saturated carbocycles. The third-order valence-corrected chi connectivity index (χ3v) is 4.30. The van der Waals surface area contributed by atoms with Crippen LogP contribution in [0.1, 0.15) is 29.2 Å². The number of methoxy groups -OCH3 is 3. The fraction of sp³-hybridized carbons (Fsp3) is 0.350. The van der Waals surface area contributed by atoms with Gasteiger partial charge in [-0.15, -0.1) is 0 Å². The normalized spacial score (nSPS) is 11.3. The lowest BCUT2D eigenvalue weighted by molar-refractivity contribution is -0.121. The summed E-state index contributed by atoms with van der Waals surface area (Å²) in [4.78, 5) is 24.9. The maximum absolute atomic E-state index is 12.5. The summed E-state index contributed by atoms with van der Waals surface area (Å²) in [6, 6.07) is 6.32. The third kappa shape index (κ3) is 4.60.